The van der Waals surface area contributed by atoms with Gasteiger partial charge in [-0.1, -0.05) is 19.8 Å². The molecule has 1 aliphatic heterocycles. The van der Waals surface area contributed by atoms with Crippen LogP contribution in [0.25, 0.3) is 11.1 Å². The van der Waals surface area contributed by atoms with Gasteiger partial charge in [-0.2, -0.15) is 0 Å². The minimum Gasteiger partial charge on any atom is -0.433 e. The number of ketones is 1. The SMILES string of the molecule is CC[C@@](OC(N)=O)(C(=O)c1nc2ccc(F)cc2o1)C(C)(C(=O)N1CCOCC1)C1CCCC1. The molecule has 9 nitrogen and oxygen atoms in total. The van der Waals surface area contributed by atoms with Crippen LogP contribution < -0.4 is 5.73 Å². The van der Waals surface area contributed by atoms with E-state index in [9.17, 15) is 18.8 Å². The molecule has 1 saturated carbocycles. The number of nitrogens with zero attached hydrogens (tertiary/aromatic N) is 2. The molecule has 1 aromatic carbocycles. The molecule has 1 unspecified atom stereocenters. The average molecular weight is 476 g/mol. The summed E-state index contributed by atoms with van der Waals surface area (Å²) in [5.41, 5.74) is 2.45. The van der Waals surface area contributed by atoms with E-state index in [2.05, 4.69) is 4.98 Å². The molecule has 1 aliphatic carbocycles. The molecule has 2 amide bonds. The van der Waals surface area contributed by atoms with E-state index in [4.69, 9.17) is 19.6 Å². The minimum atomic E-state index is -1.96. The van der Waals surface area contributed by atoms with Crippen molar-refractivity contribution in [3.63, 3.8) is 0 Å². The van der Waals surface area contributed by atoms with Gasteiger partial charge >= 0.3 is 6.09 Å². The zero-order valence-electron chi connectivity index (χ0n) is 19.5. The predicted octanol–water partition coefficient (Wildman–Crippen LogP) is 3.45. The van der Waals surface area contributed by atoms with Crippen LogP contribution in [0.5, 0.6) is 0 Å². The summed E-state index contributed by atoms with van der Waals surface area (Å²) in [5, 5.41) is 0. The second kappa shape index (κ2) is 9.32. The first-order chi connectivity index (χ1) is 16.2. The second-order valence-corrected chi connectivity index (χ2v) is 9.15. The number of nitrogens with two attached hydrogens (primary N) is 1. The van der Waals surface area contributed by atoms with E-state index in [1.54, 1.807) is 18.7 Å². The highest BCUT2D eigenvalue weighted by Crippen LogP contribution is 2.52. The van der Waals surface area contributed by atoms with E-state index in [0.29, 0.717) is 39.1 Å². The van der Waals surface area contributed by atoms with E-state index in [1.165, 1.54) is 12.1 Å². The number of oxazole rings is 1. The molecule has 2 fully saturated rings. The number of Topliss-reactive ketones (excluding diaryl/α,β-unsaturated/α-hetero) is 1. The molecule has 1 saturated heterocycles. The Hall–Kier alpha value is -3.01. The molecular weight excluding hydrogens is 445 g/mol. The van der Waals surface area contributed by atoms with E-state index >= 15 is 0 Å². The number of benzene rings is 1. The van der Waals surface area contributed by atoms with Crippen LogP contribution in [-0.2, 0) is 14.3 Å². The highest BCUT2D eigenvalue weighted by atomic mass is 19.1. The Bertz CT molecular complexity index is 1090. The molecule has 4 rings (SSSR count). The largest absolute Gasteiger partial charge is 0.433 e. The lowest BCUT2D eigenvalue weighted by Crippen LogP contribution is -2.65. The molecule has 10 heteroatoms. The fourth-order valence-electron chi connectivity index (χ4n) is 5.60. The lowest BCUT2D eigenvalue weighted by molar-refractivity contribution is -0.166. The van der Waals surface area contributed by atoms with Crippen LogP contribution in [0.15, 0.2) is 22.6 Å². The summed E-state index contributed by atoms with van der Waals surface area (Å²) < 4.78 is 30.4. The quantitative estimate of drug-likeness (QED) is 0.608. The number of carbonyl (C=O) groups excluding carboxylic acids is 3. The third kappa shape index (κ3) is 3.93. The Morgan fingerprint density at radius 3 is 2.53 bits per heavy atom. The summed E-state index contributed by atoms with van der Waals surface area (Å²) in [6, 6.07) is 3.72. The highest BCUT2D eigenvalue weighted by Gasteiger charge is 2.65. The summed E-state index contributed by atoms with van der Waals surface area (Å²) in [7, 11) is 0. The molecular formula is C24H30FN3O6. The van der Waals surface area contributed by atoms with Crippen LogP contribution in [0.1, 0.15) is 56.6 Å². The predicted molar refractivity (Wildman–Crippen MR) is 119 cm³/mol. The van der Waals surface area contributed by atoms with Crippen molar-refractivity contribution >= 4 is 28.9 Å². The number of rotatable bonds is 7. The van der Waals surface area contributed by atoms with Crippen molar-refractivity contribution in [3.05, 3.63) is 29.9 Å². The Morgan fingerprint density at radius 1 is 1.24 bits per heavy atom. The first-order valence-corrected chi connectivity index (χ1v) is 11.7. The molecule has 184 valence electrons. The topological polar surface area (TPSA) is 125 Å². The van der Waals surface area contributed by atoms with Crippen molar-refractivity contribution in [1.29, 1.82) is 0 Å². The fraction of sp³-hybridized carbons (Fsp3) is 0.583. The zero-order chi connectivity index (χ0) is 24.5. The standard InChI is InChI=1S/C24H30FN3O6/c1-3-24(34-22(26)31,19(29)20-27-17-9-8-16(25)14-18(17)33-20)23(2,15-6-4-5-7-15)21(30)28-10-12-32-13-11-28/h8-9,14-15H,3-7,10-13H2,1-2H3,(H2,26,31)/t23?,24-/m1/s1. The van der Waals surface area contributed by atoms with Gasteiger partial charge in [0, 0.05) is 19.2 Å². The Labute approximate surface area is 196 Å². The molecule has 0 bridgehead atoms. The Kier molecular flexibility index (Phi) is 6.62. The smallest absolute Gasteiger partial charge is 0.405 e. The van der Waals surface area contributed by atoms with Gasteiger partial charge in [0.25, 0.3) is 11.7 Å². The maximum Gasteiger partial charge on any atom is 0.405 e. The van der Waals surface area contributed by atoms with Crippen molar-refractivity contribution in [2.75, 3.05) is 26.3 Å². The van der Waals surface area contributed by atoms with Gasteiger partial charge < -0.3 is 24.5 Å². The van der Waals surface area contributed by atoms with Gasteiger partial charge in [-0.15, -0.1) is 0 Å². The third-order valence-corrected chi connectivity index (χ3v) is 7.44. The van der Waals surface area contributed by atoms with Crippen LogP contribution in [0.4, 0.5) is 9.18 Å². The van der Waals surface area contributed by atoms with Gasteiger partial charge in [0.15, 0.2) is 11.2 Å². The Morgan fingerprint density at radius 2 is 1.91 bits per heavy atom. The van der Waals surface area contributed by atoms with Crippen molar-refractivity contribution in [2.24, 2.45) is 17.1 Å². The van der Waals surface area contributed by atoms with Crippen molar-refractivity contribution in [3.8, 4) is 0 Å². The molecule has 34 heavy (non-hydrogen) atoms. The zero-order valence-corrected chi connectivity index (χ0v) is 19.5. The maximum atomic E-state index is 14.1. The number of primary amides is 1. The molecule has 2 N–H and O–H groups in total. The number of ether oxygens (including phenoxy) is 2. The van der Waals surface area contributed by atoms with Gasteiger partial charge in [0.2, 0.25) is 5.91 Å². The van der Waals surface area contributed by atoms with Crippen molar-refractivity contribution < 1.29 is 32.7 Å². The molecule has 2 aromatic rings. The van der Waals surface area contributed by atoms with Gasteiger partial charge in [-0.3, -0.25) is 9.59 Å². The average Bonchev–Trinajstić information content (AvgIpc) is 3.51. The first-order valence-electron chi connectivity index (χ1n) is 11.7. The molecule has 1 aromatic heterocycles. The van der Waals surface area contributed by atoms with Crippen LogP contribution in [0, 0.1) is 17.2 Å². The fourth-order valence-corrected chi connectivity index (χ4v) is 5.60. The van der Waals surface area contributed by atoms with Gasteiger partial charge in [0.05, 0.1) is 18.6 Å². The molecule has 0 radical (unpaired) electrons. The normalized spacial score (nSPS) is 20.6. The van der Waals surface area contributed by atoms with Crippen LogP contribution in [0.2, 0.25) is 0 Å². The van der Waals surface area contributed by atoms with E-state index < -0.39 is 28.7 Å². The highest BCUT2D eigenvalue weighted by molar-refractivity contribution is 6.06. The summed E-state index contributed by atoms with van der Waals surface area (Å²) >= 11 is 0. The number of fused-ring (bicyclic) bond motifs is 1. The monoisotopic (exact) mass is 475 g/mol. The number of aromatic nitrogens is 1. The summed E-state index contributed by atoms with van der Waals surface area (Å²) in [4.78, 5) is 46.3. The van der Waals surface area contributed by atoms with Crippen molar-refractivity contribution in [1.82, 2.24) is 9.88 Å². The van der Waals surface area contributed by atoms with Crippen LogP contribution in [-0.4, -0.2) is 59.6 Å². The number of carbonyl (C=O) groups is 3. The lowest BCUT2D eigenvalue weighted by atomic mass is 9.60. The molecule has 2 aliphatic rings. The number of hydrogen-bond acceptors (Lipinski definition) is 7. The van der Waals surface area contributed by atoms with Crippen LogP contribution in [0.3, 0.4) is 0 Å². The van der Waals surface area contributed by atoms with Gasteiger partial charge in [0.1, 0.15) is 11.3 Å². The second-order valence-electron chi connectivity index (χ2n) is 9.15. The third-order valence-electron chi connectivity index (χ3n) is 7.44. The number of amides is 2. The van der Waals surface area contributed by atoms with Crippen molar-refractivity contribution in [2.45, 2.75) is 51.6 Å². The minimum absolute atomic E-state index is 0.0229. The van der Waals surface area contributed by atoms with Gasteiger partial charge in [-0.25, -0.2) is 14.2 Å². The summed E-state index contributed by atoms with van der Waals surface area (Å²) in [6.45, 7) is 4.86. The molecule has 2 heterocycles. The number of morpholine rings is 1. The molecule has 2 atom stereocenters. The first kappa shape index (κ1) is 24.1. The lowest BCUT2D eigenvalue weighted by Gasteiger charge is -2.49. The van der Waals surface area contributed by atoms with E-state index in [0.717, 1.165) is 18.9 Å². The van der Waals surface area contributed by atoms with E-state index in [-0.39, 0.29) is 35.2 Å². The summed E-state index contributed by atoms with van der Waals surface area (Å²) in [5.74, 6) is -2.19. The number of halogens is 1. The maximum absolute atomic E-state index is 14.1. The van der Waals surface area contributed by atoms with Gasteiger partial charge in [-0.05, 0) is 44.2 Å². The van der Waals surface area contributed by atoms with Crippen LogP contribution >= 0.6 is 0 Å². The van der Waals surface area contributed by atoms with E-state index in [1.807, 2.05) is 0 Å². The summed E-state index contributed by atoms with van der Waals surface area (Å²) in [6.07, 6.45) is 1.99. The number of hydrogen-bond donors (Lipinski definition) is 1. The Balaban J connectivity index is 1.87. The molecule has 0 spiro atoms.